The Balaban J connectivity index is 1.69. The highest BCUT2D eigenvalue weighted by molar-refractivity contribution is 5.98. The van der Waals surface area contributed by atoms with Gasteiger partial charge in [-0.25, -0.2) is 4.79 Å². The Morgan fingerprint density at radius 3 is 2.68 bits per heavy atom. The van der Waals surface area contributed by atoms with Crippen LogP contribution in [0.3, 0.4) is 0 Å². The van der Waals surface area contributed by atoms with Crippen LogP contribution in [0.15, 0.2) is 41.3 Å². The van der Waals surface area contributed by atoms with E-state index in [0.29, 0.717) is 17.1 Å². The zero-order chi connectivity index (χ0) is 21.7. The highest BCUT2D eigenvalue weighted by Gasteiger charge is 2.30. The fraction of sp³-hybridized carbons (Fsp3) is 0.360. The van der Waals surface area contributed by atoms with Crippen LogP contribution in [0.2, 0.25) is 0 Å². The summed E-state index contributed by atoms with van der Waals surface area (Å²) in [6.45, 7) is 5.68. The monoisotopic (exact) mass is 417 g/mol. The van der Waals surface area contributed by atoms with Crippen LogP contribution in [0.1, 0.15) is 52.9 Å². The van der Waals surface area contributed by atoms with Crippen molar-refractivity contribution >= 4 is 28.2 Å². The molecule has 0 amide bonds. The number of fused-ring (bicyclic) bond motifs is 2. The second-order valence-corrected chi connectivity index (χ2v) is 8.51. The molecule has 1 aliphatic carbocycles. The van der Waals surface area contributed by atoms with E-state index in [0.717, 1.165) is 49.1 Å². The molecule has 0 radical (unpaired) electrons. The number of aryl methyl sites for hydroxylation is 1. The minimum Gasteiger partial charge on any atom is -0.462 e. The fourth-order valence-corrected chi connectivity index (χ4v) is 4.84. The first-order valence-corrected chi connectivity index (χ1v) is 11.0. The zero-order valence-corrected chi connectivity index (χ0v) is 18.0. The molecule has 1 aliphatic heterocycles. The van der Waals surface area contributed by atoms with Gasteiger partial charge in [0.15, 0.2) is 0 Å². The Morgan fingerprint density at radius 1 is 1.23 bits per heavy atom. The summed E-state index contributed by atoms with van der Waals surface area (Å²) in [6, 6.07) is 10.6. The van der Waals surface area contributed by atoms with E-state index in [2.05, 4.69) is 33.7 Å². The third kappa shape index (κ3) is 3.26. The minimum atomic E-state index is -0.572. The van der Waals surface area contributed by atoms with Gasteiger partial charge in [-0.05, 0) is 55.9 Å². The van der Waals surface area contributed by atoms with Gasteiger partial charge >= 0.3 is 5.97 Å². The van der Waals surface area contributed by atoms with Gasteiger partial charge in [-0.1, -0.05) is 24.3 Å². The normalized spacial score (nSPS) is 15.7. The molecule has 6 nitrogen and oxygen atoms in total. The van der Waals surface area contributed by atoms with Gasteiger partial charge < -0.3 is 19.9 Å². The Morgan fingerprint density at radius 2 is 1.97 bits per heavy atom. The molecule has 0 bridgehead atoms. The molecule has 2 aromatic carbocycles. The summed E-state index contributed by atoms with van der Waals surface area (Å²) in [6.07, 6.45) is 4.73. The topological polar surface area (TPSA) is 77.6 Å². The zero-order valence-electron chi connectivity index (χ0n) is 18.0. The molecule has 0 atom stereocenters. The average Bonchev–Trinajstić information content (AvgIpc) is 3.60. The molecule has 160 valence electrons. The lowest BCUT2D eigenvalue weighted by atomic mass is 9.97. The van der Waals surface area contributed by atoms with Gasteiger partial charge in [0.25, 0.3) is 0 Å². The number of hydrogen-bond acceptors (Lipinski definition) is 5. The largest absolute Gasteiger partial charge is 0.462 e. The lowest BCUT2D eigenvalue weighted by Gasteiger charge is -2.33. The molecule has 0 spiro atoms. The maximum atomic E-state index is 13.2. The molecule has 5 rings (SSSR count). The summed E-state index contributed by atoms with van der Waals surface area (Å²) < 4.78 is 7.23. The highest BCUT2D eigenvalue weighted by atomic mass is 16.5. The van der Waals surface area contributed by atoms with Crippen LogP contribution in [-0.4, -0.2) is 23.7 Å². The van der Waals surface area contributed by atoms with Crippen molar-refractivity contribution in [2.45, 2.75) is 45.7 Å². The molecular weight excluding hydrogens is 390 g/mol. The summed E-state index contributed by atoms with van der Waals surface area (Å²) in [7, 11) is 0. The van der Waals surface area contributed by atoms with Gasteiger partial charge in [0.2, 0.25) is 5.43 Å². The van der Waals surface area contributed by atoms with Crippen molar-refractivity contribution in [3.63, 3.8) is 0 Å². The second kappa shape index (κ2) is 7.45. The maximum Gasteiger partial charge on any atom is 0.343 e. The van der Waals surface area contributed by atoms with E-state index < -0.39 is 5.97 Å². The van der Waals surface area contributed by atoms with Crippen LogP contribution in [-0.2, 0) is 17.7 Å². The van der Waals surface area contributed by atoms with Crippen molar-refractivity contribution in [2.24, 2.45) is 0 Å². The van der Waals surface area contributed by atoms with Crippen LogP contribution in [0, 0.1) is 6.92 Å². The van der Waals surface area contributed by atoms with Gasteiger partial charge in [0.05, 0.1) is 23.5 Å². The molecule has 1 fully saturated rings. The number of hydrogen-bond donors (Lipinski definition) is 1. The number of anilines is 2. The number of ether oxygens (including phenoxy) is 1. The third-order valence-corrected chi connectivity index (χ3v) is 6.44. The van der Waals surface area contributed by atoms with Crippen LogP contribution in [0.5, 0.6) is 0 Å². The molecule has 1 saturated carbocycles. The lowest BCUT2D eigenvalue weighted by molar-refractivity contribution is 0.0524. The molecule has 0 saturated heterocycles. The Kier molecular flexibility index (Phi) is 4.73. The first-order chi connectivity index (χ1) is 15.0. The number of carbonyl (C=O) groups excluding carboxylic acids is 1. The minimum absolute atomic E-state index is 0.0831. The Bertz CT molecular complexity index is 1260. The molecule has 0 unspecified atom stereocenters. The summed E-state index contributed by atoms with van der Waals surface area (Å²) in [4.78, 5) is 28.0. The number of nitrogens with two attached hydrogens (primary N) is 1. The van der Waals surface area contributed by atoms with Gasteiger partial charge in [0.1, 0.15) is 5.56 Å². The van der Waals surface area contributed by atoms with Crippen LogP contribution in [0.4, 0.5) is 11.4 Å². The third-order valence-electron chi connectivity index (χ3n) is 6.44. The number of carbonyl (C=O) groups is 1. The van der Waals surface area contributed by atoms with Crippen molar-refractivity contribution in [2.75, 3.05) is 23.8 Å². The van der Waals surface area contributed by atoms with Crippen molar-refractivity contribution in [1.82, 2.24) is 4.57 Å². The fourth-order valence-electron chi connectivity index (χ4n) is 4.84. The van der Waals surface area contributed by atoms with Crippen LogP contribution < -0.4 is 16.1 Å². The van der Waals surface area contributed by atoms with Crippen molar-refractivity contribution in [3.8, 4) is 0 Å². The molecular formula is C25H27N3O3. The van der Waals surface area contributed by atoms with Crippen LogP contribution in [0.25, 0.3) is 10.9 Å². The van der Waals surface area contributed by atoms with E-state index in [1.54, 1.807) is 19.2 Å². The van der Waals surface area contributed by atoms with E-state index >= 15 is 0 Å². The first kappa shape index (κ1) is 19.7. The second-order valence-electron chi connectivity index (χ2n) is 8.51. The number of nitrogens with zero attached hydrogens (tertiary/aromatic N) is 2. The molecule has 31 heavy (non-hydrogen) atoms. The summed E-state index contributed by atoms with van der Waals surface area (Å²) >= 11 is 0. The Labute approximate surface area is 181 Å². The average molecular weight is 418 g/mol. The summed E-state index contributed by atoms with van der Waals surface area (Å²) in [5.74, 6) is -0.572. The van der Waals surface area contributed by atoms with E-state index in [1.807, 2.05) is 6.92 Å². The van der Waals surface area contributed by atoms with E-state index in [9.17, 15) is 9.59 Å². The summed E-state index contributed by atoms with van der Waals surface area (Å²) in [5.41, 5.74) is 12.4. The quantitative estimate of drug-likeness (QED) is 0.513. The van der Waals surface area contributed by atoms with Crippen molar-refractivity contribution in [3.05, 3.63) is 69.0 Å². The molecule has 6 heteroatoms. The molecule has 2 aliphatic rings. The first-order valence-electron chi connectivity index (χ1n) is 11.0. The van der Waals surface area contributed by atoms with E-state index in [-0.39, 0.29) is 17.6 Å². The smallest absolute Gasteiger partial charge is 0.343 e. The number of nitrogen functional groups attached to an aromatic ring is 1. The Hall–Kier alpha value is -3.28. The molecule has 3 aromatic rings. The van der Waals surface area contributed by atoms with Crippen molar-refractivity contribution in [1.29, 1.82) is 0 Å². The van der Waals surface area contributed by atoms with Gasteiger partial charge in [-0.3, -0.25) is 4.79 Å². The number of esters is 1. The molecule has 1 aromatic heterocycles. The molecule has 2 N–H and O–H groups in total. The van der Waals surface area contributed by atoms with Crippen LogP contribution >= 0.6 is 0 Å². The number of aromatic nitrogens is 1. The number of benzene rings is 2. The SMILES string of the molecule is CCOC(=O)c1cn(C2CC2)c2c(C)c(N3CCc4ccccc4C3)c(N)cc2c1=O. The van der Waals surface area contributed by atoms with E-state index in [4.69, 9.17) is 10.5 Å². The predicted octanol–water partition coefficient (Wildman–Crippen LogP) is 3.97. The van der Waals surface area contributed by atoms with Gasteiger partial charge in [-0.2, -0.15) is 0 Å². The molecule has 2 heterocycles. The maximum absolute atomic E-state index is 13.2. The van der Waals surface area contributed by atoms with Crippen molar-refractivity contribution < 1.29 is 9.53 Å². The van der Waals surface area contributed by atoms with Gasteiger partial charge in [-0.15, -0.1) is 0 Å². The van der Waals surface area contributed by atoms with Gasteiger partial charge in [0, 0.05) is 30.7 Å². The van der Waals surface area contributed by atoms with E-state index in [1.165, 1.54) is 11.1 Å². The number of pyridine rings is 1. The number of rotatable bonds is 4. The lowest BCUT2D eigenvalue weighted by Crippen LogP contribution is -2.32. The standard InChI is InChI=1S/C25H27N3O3/c1-3-31-25(30)20-14-28(18-8-9-18)22-15(2)23(21(26)12-19(22)24(20)29)27-11-10-16-6-4-5-7-17(16)13-27/h4-7,12,14,18H,3,8-11,13,26H2,1-2H3. The highest BCUT2D eigenvalue weighted by Crippen LogP contribution is 2.41. The summed E-state index contributed by atoms with van der Waals surface area (Å²) in [5, 5.41) is 0.494. The predicted molar refractivity (Wildman–Crippen MR) is 123 cm³/mol.